The number of amides is 1. The second-order valence-corrected chi connectivity index (χ2v) is 11.4. The van der Waals surface area contributed by atoms with Crippen molar-refractivity contribution >= 4 is 31.5 Å². The van der Waals surface area contributed by atoms with Crippen LogP contribution in [-0.4, -0.2) is 76.7 Å². The molecule has 2 rings (SSSR count). The van der Waals surface area contributed by atoms with Gasteiger partial charge < -0.3 is 10.2 Å². The fourth-order valence-corrected chi connectivity index (χ4v) is 6.00. The maximum Gasteiger partial charge on any atom is 0.242 e. The zero-order chi connectivity index (χ0) is 20.9. The minimum absolute atomic E-state index is 0.00729. The number of benzene rings is 1. The first-order chi connectivity index (χ1) is 13.1. The first-order valence-electron chi connectivity index (χ1n) is 9.33. The van der Waals surface area contributed by atoms with E-state index in [1.165, 1.54) is 21.3 Å². The molecule has 1 unspecified atom stereocenters. The Morgan fingerprint density at radius 3 is 2.39 bits per heavy atom. The molecule has 1 aliphatic heterocycles. The number of hydrogen-bond donors (Lipinski definition) is 1. The van der Waals surface area contributed by atoms with E-state index in [1.807, 2.05) is 6.92 Å². The van der Waals surface area contributed by atoms with Gasteiger partial charge in [0.15, 0.2) is 9.84 Å². The van der Waals surface area contributed by atoms with Gasteiger partial charge in [-0.2, -0.15) is 0 Å². The molecule has 0 aromatic heterocycles. The van der Waals surface area contributed by atoms with Crippen LogP contribution < -0.4 is 5.32 Å². The normalized spacial score (nSPS) is 18.9. The number of likely N-dealkylation sites (N-methyl/N-ethyl adjacent to an activating group) is 1. The topological polar surface area (TPSA) is 104 Å². The zero-order valence-corrected chi connectivity index (χ0v) is 18.2. The summed E-state index contributed by atoms with van der Waals surface area (Å²) in [6.07, 6.45) is 2.17. The SMILES string of the molecule is CCCCN(C)S(=O)(=O)c1ccc(NCC(=O)N(C)C2CCS(=O)(=O)C2)cc1. The van der Waals surface area contributed by atoms with Gasteiger partial charge in [-0.3, -0.25) is 4.79 Å². The van der Waals surface area contributed by atoms with Crippen LogP contribution in [0.4, 0.5) is 5.69 Å². The molecule has 1 aromatic carbocycles. The summed E-state index contributed by atoms with van der Waals surface area (Å²) in [5, 5.41) is 2.96. The molecule has 1 heterocycles. The van der Waals surface area contributed by atoms with E-state index in [4.69, 9.17) is 0 Å². The van der Waals surface area contributed by atoms with Crippen LogP contribution in [0.15, 0.2) is 29.2 Å². The quantitative estimate of drug-likeness (QED) is 0.629. The largest absolute Gasteiger partial charge is 0.376 e. The van der Waals surface area contributed by atoms with E-state index in [0.717, 1.165) is 12.8 Å². The van der Waals surface area contributed by atoms with Crippen LogP contribution in [-0.2, 0) is 24.7 Å². The third-order valence-corrected chi connectivity index (χ3v) is 8.60. The average Bonchev–Trinajstić information content (AvgIpc) is 3.03. The second kappa shape index (κ2) is 9.23. The van der Waals surface area contributed by atoms with Crippen LogP contribution in [0.5, 0.6) is 0 Å². The van der Waals surface area contributed by atoms with Gasteiger partial charge in [0.05, 0.1) is 22.9 Å². The van der Waals surface area contributed by atoms with Gasteiger partial charge in [-0.05, 0) is 37.1 Å². The molecule has 1 aromatic rings. The monoisotopic (exact) mass is 431 g/mol. The molecule has 10 heteroatoms. The van der Waals surface area contributed by atoms with Crippen LogP contribution in [0.2, 0.25) is 0 Å². The van der Waals surface area contributed by atoms with Crippen molar-refractivity contribution in [3.63, 3.8) is 0 Å². The molecule has 1 N–H and O–H groups in total. The van der Waals surface area contributed by atoms with Crippen LogP contribution in [0, 0.1) is 0 Å². The number of carbonyl (C=O) groups excluding carboxylic acids is 1. The zero-order valence-electron chi connectivity index (χ0n) is 16.6. The number of nitrogens with one attached hydrogen (secondary N) is 1. The first-order valence-corrected chi connectivity index (χ1v) is 12.6. The summed E-state index contributed by atoms with van der Waals surface area (Å²) in [5.74, 6) is -0.0864. The Morgan fingerprint density at radius 2 is 1.86 bits per heavy atom. The smallest absolute Gasteiger partial charge is 0.242 e. The van der Waals surface area contributed by atoms with Crippen molar-refractivity contribution in [2.24, 2.45) is 0 Å². The lowest BCUT2D eigenvalue weighted by molar-refractivity contribution is -0.129. The maximum atomic E-state index is 12.5. The first kappa shape index (κ1) is 22.6. The van der Waals surface area contributed by atoms with E-state index in [2.05, 4.69) is 5.32 Å². The predicted molar refractivity (Wildman–Crippen MR) is 109 cm³/mol. The van der Waals surface area contributed by atoms with Crippen LogP contribution in [0.3, 0.4) is 0 Å². The minimum Gasteiger partial charge on any atom is -0.376 e. The Kier molecular flexibility index (Phi) is 7.46. The highest BCUT2D eigenvalue weighted by molar-refractivity contribution is 7.91. The van der Waals surface area contributed by atoms with Crippen molar-refractivity contribution in [2.45, 2.75) is 37.1 Å². The van der Waals surface area contributed by atoms with Crippen molar-refractivity contribution in [3.8, 4) is 0 Å². The van der Waals surface area contributed by atoms with Crippen molar-refractivity contribution in [3.05, 3.63) is 24.3 Å². The third-order valence-electron chi connectivity index (χ3n) is 4.98. The summed E-state index contributed by atoms with van der Waals surface area (Å²) in [6, 6.07) is 5.97. The molecule has 1 saturated heterocycles. The molecule has 1 amide bonds. The third kappa shape index (κ3) is 5.68. The summed E-state index contributed by atoms with van der Waals surface area (Å²) in [7, 11) is -3.40. The molecule has 8 nitrogen and oxygen atoms in total. The Labute approximate surface area is 167 Å². The second-order valence-electron chi connectivity index (χ2n) is 7.12. The summed E-state index contributed by atoms with van der Waals surface area (Å²) < 4.78 is 49.5. The number of unbranched alkanes of at least 4 members (excludes halogenated alkanes) is 1. The molecular formula is C18H29N3O5S2. The number of sulfone groups is 1. The number of hydrogen-bond acceptors (Lipinski definition) is 6. The molecule has 0 spiro atoms. The molecule has 1 atom stereocenters. The van der Waals surface area contributed by atoms with E-state index >= 15 is 0 Å². The van der Waals surface area contributed by atoms with Crippen molar-refractivity contribution in [1.29, 1.82) is 0 Å². The standard InChI is InChI=1S/C18H29N3O5S2/c1-4-5-11-20(2)28(25,26)17-8-6-15(7-9-17)19-13-18(22)21(3)16-10-12-27(23,24)14-16/h6-9,16,19H,4-5,10-14H2,1-3H3. The van der Waals surface area contributed by atoms with Crippen molar-refractivity contribution < 1.29 is 21.6 Å². The maximum absolute atomic E-state index is 12.5. The summed E-state index contributed by atoms with van der Waals surface area (Å²) >= 11 is 0. The number of carbonyl (C=O) groups is 1. The molecular weight excluding hydrogens is 402 g/mol. The van der Waals surface area contributed by atoms with Crippen molar-refractivity contribution in [2.75, 3.05) is 44.0 Å². The van der Waals surface area contributed by atoms with E-state index in [1.54, 1.807) is 26.2 Å². The van der Waals surface area contributed by atoms with Gasteiger partial charge in [-0.1, -0.05) is 13.3 Å². The van der Waals surface area contributed by atoms with Gasteiger partial charge in [-0.15, -0.1) is 0 Å². The Bertz CT molecular complexity index is 882. The summed E-state index contributed by atoms with van der Waals surface area (Å²) in [6.45, 7) is 2.48. The van der Waals surface area contributed by atoms with Crippen LogP contribution in [0.25, 0.3) is 0 Å². The van der Waals surface area contributed by atoms with Crippen LogP contribution in [0.1, 0.15) is 26.2 Å². The van der Waals surface area contributed by atoms with Crippen LogP contribution >= 0.6 is 0 Å². The molecule has 1 aliphatic rings. The molecule has 0 saturated carbocycles. The van der Waals surface area contributed by atoms with Gasteiger partial charge in [0.1, 0.15) is 0 Å². The lowest BCUT2D eigenvalue weighted by atomic mass is 10.2. The lowest BCUT2D eigenvalue weighted by Gasteiger charge is -2.23. The van der Waals surface area contributed by atoms with Gasteiger partial charge >= 0.3 is 0 Å². The Hall–Kier alpha value is -1.65. The summed E-state index contributed by atoms with van der Waals surface area (Å²) in [5.41, 5.74) is 0.621. The molecule has 0 radical (unpaired) electrons. The molecule has 0 bridgehead atoms. The van der Waals surface area contributed by atoms with Crippen molar-refractivity contribution in [1.82, 2.24) is 9.21 Å². The van der Waals surface area contributed by atoms with E-state index in [0.29, 0.717) is 18.7 Å². The van der Waals surface area contributed by atoms with Gasteiger partial charge in [-0.25, -0.2) is 21.1 Å². The highest BCUT2D eigenvalue weighted by Crippen LogP contribution is 2.19. The van der Waals surface area contributed by atoms with E-state index in [-0.39, 0.29) is 34.9 Å². The average molecular weight is 432 g/mol. The number of sulfonamides is 1. The van der Waals surface area contributed by atoms with Gasteiger partial charge in [0, 0.05) is 32.4 Å². The Morgan fingerprint density at radius 1 is 1.21 bits per heavy atom. The lowest BCUT2D eigenvalue weighted by Crippen LogP contribution is -2.40. The highest BCUT2D eigenvalue weighted by atomic mass is 32.2. The molecule has 28 heavy (non-hydrogen) atoms. The minimum atomic E-state index is -3.52. The van der Waals surface area contributed by atoms with Gasteiger partial charge in [0.25, 0.3) is 0 Å². The van der Waals surface area contributed by atoms with E-state index in [9.17, 15) is 21.6 Å². The number of rotatable bonds is 9. The number of anilines is 1. The predicted octanol–water partition coefficient (Wildman–Crippen LogP) is 1.16. The van der Waals surface area contributed by atoms with E-state index < -0.39 is 19.9 Å². The highest BCUT2D eigenvalue weighted by Gasteiger charge is 2.32. The molecule has 1 fully saturated rings. The van der Waals surface area contributed by atoms with Gasteiger partial charge in [0.2, 0.25) is 15.9 Å². The molecule has 158 valence electrons. The number of nitrogens with zero attached hydrogens (tertiary/aromatic N) is 2. The summed E-state index contributed by atoms with van der Waals surface area (Å²) in [4.78, 5) is 14.0. The molecule has 0 aliphatic carbocycles. The fraction of sp³-hybridized carbons (Fsp3) is 0.611. The Balaban J connectivity index is 1.93. The fourth-order valence-electron chi connectivity index (χ4n) is 3.01.